The molecule has 1 atom stereocenters. The summed E-state index contributed by atoms with van der Waals surface area (Å²) in [6, 6.07) is 6.06. The molecule has 4 nitrogen and oxygen atoms in total. The minimum Gasteiger partial charge on any atom is -0.496 e. The molecule has 1 aliphatic heterocycles. The van der Waals surface area contributed by atoms with Crippen molar-refractivity contribution in [2.75, 3.05) is 39.9 Å². The predicted octanol–water partition coefficient (Wildman–Crippen LogP) is 2.27. The van der Waals surface area contributed by atoms with E-state index in [-0.39, 0.29) is 6.10 Å². The molecule has 2 rings (SSSR count). The van der Waals surface area contributed by atoms with Crippen molar-refractivity contribution < 1.29 is 9.47 Å². The molecular weight excluding hydrogens is 320 g/mol. The number of nitrogens with one attached hydrogen (secondary N) is 1. The molecule has 1 fully saturated rings. The van der Waals surface area contributed by atoms with Crippen LogP contribution in [0.1, 0.15) is 12.5 Å². The molecule has 0 bridgehead atoms. The topological polar surface area (TPSA) is 33.7 Å². The Labute approximate surface area is 129 Å². The molecule has 0 saturated carbocycles. The highest BCUT2D eigenvalue weighted by atomic mass is 79.9. The average Bonchev–Trinajstić information content (AvgIpc) is 2.48. The first-order chi connectivity index (χ1) is 9.72. The summed E-state index contributed by atoms with van der Waals surface area (Å²) in [5.41, 5.74) is 1.16. The van der Waals surface area contributed by atoms with Gasteiger partial charge in [0.1, 0.15) is 5.75 Å². The lowest BCUT2D eigenvalue weighted by molar-refractivity contribution is -0.0253. The fourth-order valence-electron chi connectivity index (χ4n) is 2.44. The summed E-state index contributed by atoms with van der Waals surface area (Å²) in [4.78, 5) is 2.43. The van der Waals surface area contributed by atoms with Gasteiger partial charge >= 0.3 is 0 Å². The third-order valence-electron chi connectivity index (χ3n) is 3.60. The highest BCUT2D eigenvalue weighted by Gasteiger charge is 2.18. The molecule has 20 heavy (non-hydrogen) atoms. The van der Waals surface area contributed by atoms with Gasteiger partial charge in [0, 0.05) is 36.2 Å². The predicted molar refractivity (Wildman–Crippen MR) is 84.3 cm³/mol. The van der Waals surface area contributed by atoms with Crippen LogP contribution in [0.3, 0.4) is 0 Å². The van der Waals surface area contributed by atoms with Crippen LogP contribution < -0.4 is 10.1 Å². The molecular formula is C15H23BrN2O2. The van der Waals surface area contributed by atoms with E-state index in [0.29, 0.717) is 0 Å². The zero-order valence-corrected chi connectivity index (χ0v) is 13.8. The molecule has 0 amide bonds. The molecule has 0 aromatic heterocycles. The monoisotopic (exact) mass is 342 g/mol. The van der Waals surface area contributed by atoms with Crippen molar-refractivity contribution in [2.45, 2.75) is 19.6 Å². The van der Waals surface area contributed by atoms with Crippen molar-refractivity contribution in [1.29, 1.82) is 0 Å². The number of halogens is 1. The molecule has 0 radical (unpaired) electrons. The number of hydrogen-bond donors (Lipinski definition) is 1. The molecule has 1 saturated heterocycles. The summed E-state index contributed by atoms with van der Waals surface area (Å²) in [5.74, 6) is 0.917. The Bertz CT molecular complexity index is 428. The number of rotatable bonds is 6. The van der Waals surface area contributed by atoms with Crippen LogP contribution in [-0.2, 0) is 11.3 Å². The number of hydrogen-bond acceptors (Lipinski definition) is 4. The van der Waals surface area contributed by atoms with Gasteiger partial charge in [-0.15, -0.1) is 0 Å². The first-order valence-electron chi connectivity index (χ1n) is 7.10. The van der Waals surface area contributed by atoms with E-state index in [1.54, 1.807) is 7.11 Å². The van der Waals surface area contributed by atoms with Gasteiger partial charge in [-0.05, 0) is 24.7 Å². The second-order valence-electron chi connectivity index (χ2n) is 4.97. The Kier molecular flexibility index (Phi) is 6.29. The molecule has 5 heteroatoms. The van der Waals surface area contributed by atoms with Crippen LogP contribution in [0.25, 0.3) is 0 Å². The summed E-state index contributed by atoms with van der Waals surface area (Å²) < 4.78 is 12.2. The quantitative estimate of drug-likeness (QED) is 0.859. The van der Waals surface area contributed by atoms with Gasteiger partial charge in [-0.25, -0.2) is 0 Å². The highest BCUT2D eigenvalue weighted by molar-refractivity contribution is 9.10. The van der Waals surface area contributed by atoms with Crippen molar-refractivity contribution >= 4 is 15.9 Å². The normalized spacial score (nSPS) is 20.1. The zero-order chi connectivity index (χ0) is 14.4. The van der Waals surface area contributed by atoms with Gasteiger partial charge in [-0.3, -0.25) is 4.90 Å². The van der Waals surface area contributed by atoms with Crippen molar-refractivity contribution in [2.24, 2.45) is 0 Å². The fourth-order valence-corrected chi connectivity index (χ4v) is 2.85. The molecule has 1 heterocycles. The highest BCUT2D eigenvalue weighted by Crippen LogP contribution is 2.22. The third kappa shape index (κ3) is 4.45. The molecule has 112 valence electrons. The summed E-state index contributed by atoms with van der Waals surface area (Å²) in [7, 11) is 1.70. The first-order valence-corrected chi connectivity index (χ1v) is 7.89. The Morgan fingerprint density at radius 2 is 2.35 bits per heavy atom. The van der Waals surface area contributed by atoms with Crippen molar-refractivity contribution in [3.8, 4) is 5.75 Å². The van der Waals surface area contributed by atoms with E-state index >= 15 is 0 Å². The van der Waals surface area contributed by atoms with Crippen LogP contribution in [-0.4, -0.2) is 50.9 Å². The third-order valence-corrected chi connectivity index (χ3v) is 4.09. The van der Waals surface area contributed by atoms with Gasteiger partial charge < -0.3 is 14.8 Å². The van der Waals surface area contributed by atoms with Gasteiger partial charge in [0.2, 0.25) is 0 Å². The van der Waals surface area contributed by atoms with Gasteiger partial charge in [0.15, 0.2) is 0 Å². The molecule has 0 aliphatic carbocycles. The Hall–Kier alpha value is -0.620. The van der Waals surface area contributed by atoms with E-state index in [1.165, 1.54) is 0 Å². The summed E-state index contributed by atoms with van der Waals surface area (Å²) in [5, 5.41) is 3.47. The SMILES string of the molecule is CCN1CCOC(CNCc2cc(Br)ccc2OC)C1. The Morgan fingerprint density at radius 1 is 1.50 bits per heavy atom. The summed E-state index contributed by atoms with van der Waals surface area (Å²) >= 11 is 3.50. The lowest BCUT2D eigenvalue weighted by atomic mass is 10.2. The van der Waals surface area contributed by atoms with Crippen LogP contribution in [0.4, 0.5) is 0 Å². The molecule has 1 aromatic rings. The van der Waals surface area contributed by atoms with Gasteiger partial charge in [0.05, 0.1) is 19.8 Å². The minimum atomic E-state index is 0.279. The van der Waals surface area contributed by atoms with Crippen molar-refractivity contribution in [1.82, 2.24) is 10.2 Å². The first kappa shape index (κ1) is 15.8. The van der Waals surface area contributed by atoms with Crippen LogP contribution in [0.5, 0.6) is 5.75 Å². The van der Waals surface area contributed by atoms with Crippen LogP contribution in [0.2, 0.25) is 0 Å². The Balaban J connectivity index is 1.82. The summed E-state index contributed by atoms with van der Waals surface area (Å²) in [6.07, 6.45) is 0.279. The number of ether oxygens (including phenoxy) is 2. The number of benzene rings is 1. The van der Waals surface area contributed by atoms with Gasteiger partial charge in [-0.1, -0.05) is 22.9 Å². The second-order valence-corrected chi connectivity index (χ2v) is 5.89. The van der Waals surface area contributed by atoms with E-state index in [4.69, 9.17) is 9.47 Å². The van der Waals surface area contributed by atoms with Gasteiger partial charge in [-0.2, -0.15) is 0 Å². The van der Waals surface area contributed by atoms with Crippen LogP contribution >= 0.6 is 15.9 Å². The summed E-state index contributed by atoms with van der Waals surface area (Å²) in [6.45, 7) is 7.84. The van der Waals surface area contributed by atoms with E-state index in [1.807, 2.05) is 12.1 Å². The Morgan fingerprint density at radius 3 is 3.10 bits per heavy atom. The van der Waals surface area contributed by atoms with E-state index < -0.39 is 0 Å². The maximum atomic E-state index is 5.78. The second kappa shape index (κ2) is 7.98. The number of likely N-dealkylation sites (N-methyl/N-ethyl adjacent to an activating group) is 1. The molecule has 1 unspecified atom stereocenters. The van der Waals surface area contributed by atoms with Crippen molar-refractivity contribution in [3.05, 3.63) is 28.2 Å². The van der Waals surface area contributed by atoms with E-state index in [2.05, 4.69) is 39.1 Å². The fraction of sp³-hybridized carbons (Fsp3) is 0.600. The molecule has 0 spiro atoms. The number of morpholine rings is 1. The average molecular weight is 343 g/mol. The molecule has 1 N–H and O–H groups in total. The number of methoxy groups -OCH3 is 1. The lowest BCUT2D eigenvalue weighted by Crippen LogP contribution is -2.46. The van der Waals surface area contributed by atoms with Gasteiger partial charge in [0.25, 0.3) is 0 Å². The molecule has 1 aromatic carbocycles. The maximum absolute atomic E-state index is 5.78. The smallest absolute Gasteiger partial charge is 0.123 e. The number of nitrogens with zero attached hydrogens (tertiary/aromatic N) is 1. The van der Waals surface area contributed by atoms with Crippen molar-refractivity contribution in [3.63, 3.8) is 0 Å². The standard InChI is InChI=1S/C15H23BrN2O2/c1-3-18-6-7-20-14(11-18)10-17-9-12-8-13(16)4-5-15(12)19-2/h4-5,8,14,17H,3,6-7,9-11H2,1-2H3. The van der Waals surface area contributed by atoms with E-state index in [0.717, 1.165) is 55.1 Å². The van der Waals surface area contributed by atoms with Crippen LogP contribution in [0, 0.1) is 0 Å². The lowest BCUT2D eigenvalue weighted by Gasteiger charge is -2.32. The van der Waals surface area contributed by atoms with E-state index in [9.17, 15) is 0 Å². The zero-order valence-electron chi connectivity index (χ0n) is 12.2. The largest absolute Gasteiger partial charge is 0.496 e. The minimum absolute atomic E-state index is 0.279. The van der Waals surface area contributed by atoms with Crippen LogP contribution in [0.15, 0.2) is 22.7 Å². The molecule has 1 aliphatic rings. The maximum Gasteiger partial charge on any atom is 0.123 e.